The van der Waals surface area contributed by atoms with Crippen molar-refractivity contribution in [1.82, 2.24) is 14.1 Å². The van der Waals surface area contributed by atoms with Crippen molar-refractivity contribution >= 4 is 11.0 Å². The third-order valence-electron chi connectivity index (χ3n) is 5.38. The molecule has 9 heteroatoms. The van der Waals surface area contributed by atoms with Crippen LogP contribution in [0.1, 0.15) is 0 Å². The Morgan fingerprint density at radius 1 is 0.875 bits per heavy atom. The number of methoxy groups -OCH3 is 4. The quantitative estimate of drug-likeness (QED) is 0.495. The van der Waals surface area contributed by atoms with Crippen molar-refractivity contribution < 1.29 is 24.1 Å². The van der Waals surface area contributed by atoms with Crippen LogP contribution in [0, 0.1) is 0 Å². The van der Waals surface area contributed by atoms with Gasteiger partial charge >= 0.3 is 5.69 Å². The third-order valence-corrected chi connectivity index (χ3v) is 5.38. The minimum Gasteiger partial charge on any atom is -0.504 e. The first-order chi connectivity index (χ1) is 15.5. The Morgan fingerprint density at radius 3 is 2.22 bits per heavy atom. The van der Waals surface area contributed by atoms with Gasteiger partial charge in [-0.05, 0) is 23.8 Å². The van der Waals surface area contributed by atoms with E-state index in [0.29, 0.717) is 50.8 Å². The predicted molar refractivity (Wildman–Crippen MR) is 120 cm³/mol. The molecule has 2 aromatic heterocycles. The highest BCUT2D eigenvalue weighted by atomic mass is 16.5. The van der Waals surface area contributed by atoms with Crippen LogP contribution in [-0.4, -0.2) is 47.7 Å². The Morgan fingerprint density at radius 2 is 1.59 bits per heavy atom. The summed E-state index contributed by atoms with van der Waals surface area (Å²) in [6.45, 7) is 0. The number of hydrogen-bond acceptors (Lipinski definition) is 7. The van der Waals surface area contributed by atoms with Crippen LogP contribution in [0.3, 0.4) is 0 Å². The van der Waals surface area contributed by atoms with Crippen LogP contribution in [0.4, 0.5) is 0 Å². The SMILES string of the molecule is COc1ccc(-c2c(-n3c(=O)n(C)c4cnccc43)cc(OC)c(OC)c2OC)cc1O. The fourth-order valence-electron chi connectivity index (χ4n) is 3.86. The molecule has 32 heavy (non-hydrogen) atoms. The molecular weight excluding hydrogens is 414 g/mol. The van der Waals surface area contributed by atoms with Crippen molar-refractivity contribution in [2.75, 3.05) is 28.4 Å². The fraction of sp³-hybridized carbons (Fsp3) is 0.217. The molecule has 0 radical (unpaired) electrons. The molecule has 0 aliphatic heterocycles. The second-order valence-corrected chi connectivity index (χ2v) is 6.97. The predicted octanol–water partition coefficient (Wildman–Crippen LogP) is 3.13. The standard InChI is InChI=1S/C23H23N3O6/c1-25-16-12-24-9-8-14(16)26(23(25)28)15-11-19(30-3)21(31-4)22(32-5)20(15)13-6-7-18(29-2)17(27)10-13/h6-12,27H,1-5H3. The van der Waals surface area contributed by atoms with Crippen molar-refractivity contribution in [3.8, 4) is 45.6 Å². The average Bonchev–Trinajstić information content (AvgIpc) is 3.07. The summed E-state index contributed by atoms with van der Waals surface area (Å²) in [7, 11) is 7.67. The molecule has 4 rings (SSSR count). The highest BCUT2D eigenvalue weighted by molar-refractivity contribution is 5.88. The molecule has 0 unspecified atom stereocenters. The summed E-state index contributed by atoms with van der Waals surface area (Å²) in [5, 5.41) is 10.4. The van der Waals surface area contributed by atoms with Crippen LogP contribution in [0.2, 0.25) is 0 Å². The number of phenolic OH excluding ortho intramolecular Hbond substituents is 1. The molecule has 166 valence electrons. The van der Waals surface area contributed by atoms with Gasteiger partial charge in [0.05, 0.1) is 56.9 Å². The normalized spacial score (nSPS) is 10.9. The first-order valence-corrected chi connectivity index (χ1v) is 9.68. The maximum atomic E-state index is 13.3. The minimum absolute atomic E-state index is 0.0535. The van der Waals surface area contributed by atoms with Gasteiger partial charge in [0.1, 0.15) is 0 Å². The number of pyridine rings is 1. The van der Waals surface area contributed by atoms with Crippen molar-refractivity contribution in [2.45, 2.75) is 0 Å². The number of benzene rings is 2. The molecule has 1 N–H and O–H groups in total. The number of nitrogens with zero attached hydrogens (tertiary/aromatic N) is 3. The maximum absolute atomic E-state index is 13.3. The number of aromatic hydroxyl groups is 1. The van der Waals surface area contributed by atoms with E-state index < -0.39 is 0 Å². The number of phenols is 1. The van der Waals surface area contributed by atoms with E-state index in [2.05, 4.69) is 4.98 Å². The van der Waals surface area contributed by atoms with Crippen molar-refractivity contribution in [3.63, 3.8) is 0 Å². The summed E-state index contributed by atoms with van der Waals surface area (Å²) in [5.74, 6) is 1.37. The molecule has 0 atom stereocenters. The van der Waals surface area contributed by atoms with E-state index in [9.17, 15) is 9.90 Å². The van der Waals surface area contributed by atoms with E-state index in [1.165, 1.54) is 33.0 Å². The fourth-order valence-corrected chi connectivity index (χ4v) is 3.86. The van der Waals surface area contributed by atoms with Gasteiger partial charge in [-0.3, -0.25) is 14.1 Å². The molecule has 0 bridgehead atoms. The number of hydrogen-bond donors (Lipinski definition) is 1. The number of imidazole rings is 1. The number of aromatic nitrogens is 3. The molecule has 0 spiro atoms. The van der Waals surface area contributed by atoms with Crippen LogP contribution >= 0.6 is 0 Å². The lowest BCUT2D eigenvalue weighted by atomic mass is 10.00. The van der Waals surface area contributed by atoms with E-state index in [1.54, 1.807) is 54.3 Å². The van der Waals surface area contributed by atoms with E-state index in [1.807, 2.05) is 0 Å². The molecule has 0 aliphatic carbocycles. The summed E-state index contributed by atoms with van der Waals surface area (Å²) in [6.07, 6.45) is 3.25. The van der Waals surface area contributed by atoms with E-state index in [4.69, 9.17) is 18.9 Å². The summed E-state index contributed by atoms with van der Waals surface area (Å²) < 4.78 is 25.1. The van der Waals surface area contributed by atoms with Crippen LogP contribution in [0.15, 0.2) is 47.5 Å². The van der Waals surface area contributed by atoms with Gasteiger partial charge in [-0.15, -0.1) is 0 Å². The van der Waals surface area contributed by atoms with Crippen LogP contribution < -0.4 is 24.6 Å². The molecule has 0 amide bonds. The Balaban J connectivity index is 2.18. The molecular formula is C23H23N3O6. The average molecular weight is 437 g/mol. The molecule has 0 aliphatic rings. The monoisotopic (exact) mass is 437 g/mol. The lowest BCUT2D eigenvalue weighted by Gasteiger charge is -2.20. The summed E-state index contributed by atoms with van der Waals surface area (Å²) >= 11 is 0. The Kier molecular flexibility index (Phi) is 5.40. The zero-order valence-electron chi connectivity index (χ0n) is 18.4. The van der Waals surface area contributed by atoms with Gasteiger partial charge in [0.25, 0.3) is 0 Å². The number of rotatable bonds is 6. The molecule has 0 fully saturated rings. The lowest BCUT2D eigenvalue weighted by molar-refractivity contribution is 0.325. The van der Waals surface area contributed by atoms with Crippen molar-refractivity contribution in [3.05, 3.63) is 53.2 Å². The zero-order valence-corrected chi connectivity index (χ0v) is 18.4. The summed E-state index contributed by atoms with van der Waals surface area (Å²) in [6, 6.07) is 8.42. The second-order valence-electron chi connectivity index (χ2n) is 6.97. The van der Waals surface area contributed by atoms with Crippen LogP contribution in [0.5, 0.6) is 28.7 Å². The summed E-state index contributed by atoms with van der Waals surface area (Å²) in [4.78, 5) is 17.4. The highest BCUT2D eigenvalue weighted by Crippen LogP contribution is 2.49. The maximum Gasteiger partial charge on any atom is 0.333 e. The lowest BCUT2D eigenvalue weighted by Crippen LogP contribution is -2.21. The Hall–Kier alpha value is -4.14. The van der Waals surface area contributed by atoms with Gasteiger partial charge in [-0.1, -0.05) is 6.07 Å². The van der Waals surface area contributed by atoms with Crippen LogP contribution in [-0.2, 0) is 7.05 Å². The smallest absolute Gasteiger partial charge is 0.333 e. The molecule has 4 aromatic rings. The second kappa shape index (κ2) is 8.18. The molecule has 2 heterocycles. The summed E-state index contributed by atoms with van der Waals surface area (Å²) in [5.41, 5.74) is 2.66. The van der Waals surface area contributed by atoms with Gasteiger partial charge in [0.2, 0.25) is 5.75 Å². The molecule has 2 aromatic carbocycles. The van der Waals surface area contributed by atoms with E-state index >= 15 is 0 Å². The van der Waals surface area contributed by atoms with Crippen LogP contribution in [0.25, 0.3) is 27.8 Å². The van der Waals surface area contributed by atoms with Crippen molar-refractivity contribution in [1.29, 1.82) is 0 Å². The number of ether oxygens (including phenoxy) is 4. The first-order valence-electron chi connectivity index (χ1n) is 9.68. The Bertz CT molecular complexity index is 1370. The molecule has 9 nitrogen and oxygen atoms in total. The number of fused-ring (bicyclic) bond motifs is 1. The van der Waals surface area contributed by atoms with E-state index in [-0.39, 0.29) is 11.4 Å². The topological polar surface area (TPSA) is 97.0 Å². The van der Waals surface area contributed by atoms with Gasteiger partial charge in [-0.2, -0.15) is 0 Å². The largest absolute Gasteiger partial charge is 0.504 e. The van der Waals surface area contributed by atoms with Gasteiger partial charge in [0.15, 0.2) is 23.0 Å². The van der Waals surface area contributed by atoms with Crippen molar-refractivity contribution in [2.24, 2.45) is 7.05 Å². The van der Waals surface area contributed by atoms with Gasteiger partial charge in [-0.25, -0.2) is 4.79 Å². The van der Waals surface area contributed by atoms with Gasteiger partial charge < -0.3 is 24.1 Å². The number of aryl methyl sites for hydroxylation is 1. The first kappa shape index (κ1) is 21.1. The zero-order chi connectivity index (χ0) is 23.0. The van der Waals surface area contributed by atoms with Gasteiger partial charge in [0, 0.05) is 19.3 Å². The molecule has 0 saturated carbocycles. The third kappa shape index (κ3) is 3.09. The minimum atomic E-state index is -0.277. The van der Waals surface area contributed by atoms with E-state index in [0.717, 1.165) is 0 Å². The molecule has 0 saturated heterocycles. The highest BCUT2D eigenvalue weighted by Gasteiger charge is 2.26. The Labute approximate surface area is 184 Å².